The number of carbonyl (C=O) groups is 3. The fourth-order valence-electron chi connectivity index (χ4n) is 3.41. The molecule has 9 heteroatoms. The first-order chi connectivity index (χ1) is 13.9. The maximum absolute atomic E-state index is 13.1. The number of aliphatic hydroxyl groups excluding tert-OH is 1. The van der Waals surface area contributed by atoms with Crippen molar-refractivity contribution in [2.75, 3.05) is 6.54 Å². The molecule has 1 fully saturated rings. The number of hydrogen-bond acceptors (Lipinski definition) is 6. The number of carbonyl (C=O) groups excluding carboxylic acids is 3. The number of rotatable bonds is 5. The Morgan fingerprint density at radius 3 is 2.40 bits per heavy atom. The third-order valence-corrected chi connectivity index (χ3v) is 5.01. The number of nitrogens with two attached hydrogens (primary N) is 1. The number of amides is 3. The Labute approximate surface area is 175 Å². The Kier molecular flexibility index (Phi) is 7.05. The van der Waals surface area contributed by atoms with E-state index < -0.39 is 41.6 Å². The van der Waals surface area contributed by atoms with Crippen molar-refractivity contribution in [3.05, 3.63) is 35.4 Å². The standard InChI is InChI=1S/C21H28N4O5/c1-12(14-7-5-13(10-22)6-8-14)24-18(27)16-9-15(26)11-25(16)19(28)17(21(2,3)4)30-20(23)29/h5-8,12,15-17,26H,9,11H2,1-4H3,(H2,23,29)(H,24,27)/t12-,15+,16-,17+/m0/s1. The smallest absolute Gasteiger partial charge is 0.405 e. The molecule has 30 heavy (non-hydrogen) atoms. The van der Waals surface area contributed by atoms with Crippen molar-refractivity contribution in [3.63, 3.8) is 0 Å². The van der Waals surface area contributed by atoms with Gasteiger partial charge in [-0.05, 0) is 24.6 Å². The number of nitrogens with zero attached hydrogens (tertiary/aromatic N) is 2. The van der Waals surface area contributed by atoms with Crippen molar-refractivity contribution in [2.24, 2.45) is 11.1 Å². The van der Waals surface area contributed by atoms with Crippen LogP contribution in [0.25, 0.3) is 0 Å². The Hall–Kier alpha value is -3.12. The zero-order chi connectivity index (χ0) is 22.6. The molecule has 1 aromatic carbocycles. The molecular weight excluding hydrogens is 388 g/mol. The van der Waals surface area contributed by atoms with Crippen LogP contribution >= 0.6 is 0 Å². The molecular formula is C21H28N4O5. The van der Waals surface area contributed by atoms with Crippen molar-refractivity contribution >= 4 is 17.9 Å². The van der Waals surface area contributed by atoms with Gasteiger partial charge in [-0.1, -0.05) is 32.9 Å². The number of likely N-dealkylation sites (tertiary alicyclic amines) is 1. The molecule has 0 unspecified atom stereocenters. The Morgan fingerprint density at radius 1 is 1.30 bits per heavy atom. The molecule has 1 heterocycles. The highest BCUT2D eigenvalue weighted by Gasteiger charge is 2.45. The highest BCUT2D eigenvalue weighted by molar-refractivity contribution is 5.91. The van der Waals surface area contributed by atoms with E-state index >= 15 is 0 Å². The van der Waals surface area contributed by atoms with Crippen LogP contribution in [0.5, 0.6) is 0 Å². The third kappa shape index (κ3) is 5.48. The van der Waals surface area contributed by atoms with E-state index in [1.807, 2.05) is 6.07 Å². The van der Waals surface area contributed by atoms with Crippen LogP contribution in [0.4, 0.5) is 4.79 Å². The lowest BCUT2D eigenvalue weighted by Gasteiger charge is -2.34. The van der Waals surface area contributed by atoms with Gasteiger partial charge in [0.25, 0.3) is 5.91 Å². The third-order valence-electron chi connectivity index (χ3n) is 5.01. The average Bonchev–Trinajstić information content (AvgIpc) is 3.06. The van der Waals surface area contributed by atoms with Gasteiger partial charge in [-0.25, -0.2) is 4.79 Å². The summed E-state index contributed by atoms with van der Waals surface area (Å²) in [5.74, 6) is -1.01. The van der Waals surface area contributed by atoms with Crippen LogP contribution in [-0.2, 0) is 14.3 Å². The summed E-state index contributed by atoms with van der Waals surface area (Å²) in [4.78, 5) is 38.5. The minimum absolute atomic E-state index is 0.0448. The largest absolute Gasteiger partial charge is 0.436 e. The van der Waals surface area contributed by atoms with Gasteiger partial charge >= 0.3 is 6.09 Å². The van der Waals surface area contributed by atoms with Crippen molar-refractivity contribution in [1.29, 1.82) is 5.26 Å². The molecule has 2 rings (SSSR count). The number of nitriles is 1. The molecule has 1 saturated heterocycles. The van der Waals surface area contributed by atoms with E-state index in [2.05, 4.69) is 5.32 Å². The molecule has 9 nitrogen and oxygen atoms in total. The number of nitrogens with one attached hydrogen (secondary N) is 1. The van der Waals surface area contributed by atoms with Gasteiger partial charge < -0.3 is 25.8 Å². The molecule has 0 aromatic heterocycles. The number of primary amides is 1. The van der Waals surface area contributed by atoms with E-state index in [0.717, 1.165) is 5.56 Å². The van der Waals surface area contributed by atoms with Gasteiger partial charge in [0.1, 0.15) is 6.04 Å². The summed E-state index contributed by atoms with van der Waals surface area (Å²) in [6, 6.07) is 7.55. The van der Waals surface area contributed by atoms with Gasteiger partial charge in [0.05, 0.1) is 23.8 Å². The monoisotopic (exact) mass is 416 g/mol. The second-order valence-corrected chi connectivity index (χ2v) is 8.54. The van der Waals surface area contributed by atoms with Crippen molar-refractivity contribution in [3.8, 4) is 6.07 Å². The molecule has 1 aliphatic rings. The van der Waals surface area contributed by atoms with Crippen LogP contribution in [0.3, 0.4) is 0 Å². The zero-order valence-electron chi connectivity index (χ0n) is 17.6. The molecule has 1 aliphatic heterocycles. The fraction of sp³-hybridized carbons (Fsp3) is 0.524. The van der Waals surface area contributed by atoms with Gasteiger partial charge in [0, 0.05) is 18.4 Å². The Bertz CT molecular complexity index is 840. The molecule has 3 amide bonds. The first kappa shape index (κ1) is 23.2. The molecule has 1 aromatic rings. The number of benzene rings is 1. The van der Waals surface area contributed by atoms with Crippen LogP contribution in [0.15, 0.2) is 24.3 Å². The van der Waals surface area contributed by atoms with Gasteiger partial charge in [0.2, 0.25) is 5.91 Å². The lowest BCUT2D eigenvalue weighted by molar-refractivity contribution is -0.150. The summed E-state index contributed by atoms with van der Waals surface area (Å²) < 4.78 is 5.03. The molecule has 162 valence electrons. The summed E-state index contributed by atoms with van der Waals surface area (Å²) in [6.07, 6.45) is -3.07. The summed E-state index contributed by atoms with van der Waals surface area (Å²) in [5, 5.41) is 21.8. The van der Waals surface area contributed by atoms with E-state index in [-0.39, 0.29) is 19.0 Å². The van der Waals surface area contributed by atoms with E-state index in [1.165, 1.54) is 4.90 Å². The Morgan fingerprint density at radius 2 is 1.90 bits per heavy atom. The summed E-state index contributed by atoms with van der Waals surface area (Å²) >= 11 is 0. The van der Waals surface area contributed by atoms with Crippen LogP contribution in [-0.4, -0.2) is 52.7 Å². The number of ether oxygens (including phenoxy) is 1. The van der Waals surface area contributed by atoms with Crippen molar-refractivity contribution in [1.82, 2.24) is 10.2 Å². The molecule has 0 saturated carbocycles. The number of β-amino-alcohol motifs (C(OH)–C–C–N with tert-alkyl or cyclic N) is 1. The van der Waals surface area contributed by atoms with E-state index in [4.69, 9.17) is 15.7 Å². The second kappa shape index (κ2) is 9.13. The first-order valence-electron chi connectivity index (χ1n) is 9.69. The van der Waals surface area contributed by atoms with Crippen LogP contribution in [0, 0.1) is 16.7 Å². The minimum atomic E-state index is -1.19. The average molecular weight is 416 g/mol. The number of aliphatic hydroxyl groups is 1. The highest BCUT2D eigenvalue weighted by Crippen LogP contribution is 2.28. The van der Waals surface area contributed by atoms with Gasteiger partial charge in [-0.15, -0.1) is 0 Å². The maximum Gasteiger partial charge on any atom is 0.405 e. The topological polar surface area (TPSA) is 146 Å². The zero-order valence-corrected chi connectivity index (χ0v) is 17.6. The van der Waals surface area contributed by atoms with Gasteiger partial charge in [-0.3, -0.25) is 9.59 Å². The predicted octanol–water partition coefficient (Wildman–Crippen LogP) is 1.21. The normalized spacial score (nSPS) is 20.7. The predicted molar refractivity (Wildman–Crippen MR) is 108 cm³/mol. The SMILES string of the molecule is C[C@H](NC(=O)[C@@H]1C[C@@H](O)CN1C(=O)[C@@H](OC(N)=O)C(C)(C)C)c1ccc(C#N)cc1. The van der Waals surface area contributed by atoms with Crippen molar-refractivity contribution in [2.45, 2.75) is 58.4 Å². The van der Waals surface area contributed by atoms with Crippen molar-refractivity contribution < 1.29 is 24.2 Å². The molecule has 0 aliphatic carbocycles. The lowest BCUT2D eigenvalue weighted by Crippen LogP contribution is -2.53. The molecule has 0 spiro atoms. The molecule has 4 N–H and O–H groups in total. The maximum atomic E-state index is 13.1. The molecule has 0 radical (unpaired) electrons. The van der Waals surface area contributed by atoms with Crippen LogP contribution < -0.4 is 11.1 Å². The quantitative estimate of drug-likeness (QED) is 0.657. The highest BCUT2D eigenvalue weighted by atomic mass is 16.6. The molecule has 0 bridgehead atoms. The second-order valence-electron chi connectivity index (χ2n) is 8.54. The van der Waals surface area contributed by atoms with E-state index in [1.54, 1.807) is 52.0 Å². The summed E-state index contributed by atoms with van der Waals surface area (Å²) in [7, 11) is 0. The minimum Gasteiger partial charge on any atom is -0.436 e. The first-order valence-corrected chi connectivity index (χ1v) is 9.69. The fourth-order valence-corrected chi connectivity index (χ4v) is 3.41. The van der Waals surface area contributed by atoms with E-state index in [0.29, 0.717) is 5.56 Å². The number of hydrogen-bond donors (Lipinski definition) is 3. The summed E-state index contributed by atoms with van der Waals surface area (Å²) in [6.45, 7) is 6.88. The molecule has 4 atom stereocenters. The summed E-state index contributed by atoms with van der Waals surface area (Å²) in [5.41, 5.74) is 5.67. The van der Waals surface area contributed by atoms with Gasteiger partial charge in [-0.2, -0.15) is 5.26 Å². The van der Waals surface area contributed by atoms with Gasteiger partial charge in [0.15, 0.2) is 6.10 Å². The van der Waals surface area contributed by atoms with E-state index in [9.17, 15) is 19.5 Å². The van der Waals surface area contributed by atoms with Crippen LogP contribution in [0.1, 0.15) is 51.3 Å². The Balaban J connectivity index is 2.17. The van der Waals surface area contributed by atoms with Crippen LogP contribution in [0.2, 0.25) is 0 Å². The lowest BCUT2D eigenvalue weighted by atomic mass is 9.88.